The normalized spacial score (nSPS) is 13.7. The number of nitrogens with zero attached hydrogens (tertiary/aromatic N) is 2. The molecular formula is C12H15FN2O3S. The maximum Gasteiger partial charge on any atom is 0.298 e. The third kappa shape index (κ3) is 3.04. The molecule has 0 aliphatic carbocycles. The first-order chi connectivity index (χ1) is 8.78. The van der Waals surface area contributed by atoms with E-state index in [0.29, 0.717) is 5.58 Å². The molecule has 1 atom stereocenters. The van der Waals surface area contributed by atoms with E-state index in [1.807, 2.05) is 0 Å². The molecular weight excluding hydrogens is 271 g/mol. The van der Waals surface area contributed by atoms with Gasteiger partial charge in [-0.15, -0.1) is 0 Å². The first-order valence-electron chi connectivity index (χ1n) is 5.73. The molecule has 1 heterocycles. The Balaban J connectivity index is 2.31. The molecule has 0 amide bonds. The Morgan fingerprint density at radius 1 is 1.47 bits per heavy atom. The fraction of sp³-hybridized carbons (Fsp3) is 0.417. The van der Waals surface area contributed by atoms with E-state index in [1.54, 1.807) is 24.9 Å². The molecule has 7 heteroatoms. The van der Waals surface area contributed by atoms with Gasteiger partial charge >= 0.3 is 0 Å². The molecule has 1 aromatic carbocycles. The number of sulfone groups is 1. The van der Waals surface area contributed by atoms with Gasteiger partial charge in [-0.25, -0.2) is 12.8 Å². The molecule has 0 radical (unpaired) electrons. The zero-order valence-electron chi connectivity index (χ0n) is 10.9. The monoisotopic (exact) mass is 286 g/mol. The summed E-state index contributed by atoms with van der Waals surface area (Å²) in [4.78, 5) is 5.64. The summed E-state index contributed by atoms with van der Waals surface area (Å²) in [6, 6.07) is 4.34. The highest BCUT2D eigenvalue weighted by Crippen LogP contribution is 2.24. The summed E-state index contributed by atoms with van der Waals surface area (Å²) >= 11 is 0. The number of hydrogen-bond donors (Lipinski definition) is 0. The van der Waals surface area contributed by atoms with Gasteiger partial charge in [0, 0.05) is 19.3 Å². The Bertz CT molecular complexity index is 696. The van der Waals surface area contributed by atoms with E-state index >= 15 is 0 Å². The summed E-state index contributed by atoms with van der Waals surface area (Å²) in [5.41, 5.74) is 0.490. The van der Waals surface area contributed by atoms with Gasteiger partial charge in [-0.1, -0.05) is 6.07 Å². The van der Waals surface area contributed by atoms with E-state index in [9.17, 15) is 12.8 Å². The summed E-state index contributed by atoms with van der Waals surface area (Å²) in [5, 5.41) is 0. The van der Waals surface area contributed by atoms with Crippen LogP contribution in [-0.4, -0.2) is 38.5 Å². The third-order valence-corrected chi connectivity index (χ3v) is 3.95. The van der Waals surface area contributed by atoms with Gasteiger partial charge in [-0.2, -0.15) is 4.98 Å². The van der Waals surface area contributed by atoms with Crippen molar-refractivity contribution in [3.05, 3.63) is 24.0 Å². The van der Waals surface area contributed by atoms with Crippen molar-refractivity contribution in [1.29, 1.82) is 0 Å². The lowest BCUT2D eigenvalue weighted by molar-refractivity contribution is 0.554. The summed E-state index contributed by atoms with van der Waals surface area (Å²) < 4.78 is 41.5. The second-order valence-corrected chi connectivity index (χ2v) is 6.82. The van der Waals surface area contributed by atoms with Crippen molar-refractivity contribution in [2.75, 3.05) is 24.0 Å². The Morgan fingerprint density at radius 2 is 2.16 bits per heavy atom. The second kappa shape index (κ2) is 4.80. The first-order valence-corrected chi connectivity index (χ1v) is 7.79. The predicted molar refractivity (Wildman–Crippen MR) is 71.5 cm³/mol. The van der Waals surface area contributed by atoms with E-state index in [2.05, 4.69) is 4.98 Å². The minimum absolute atomic E-state index is 0.0231. The number of hydrogen-bond acceptors (Lipinski definition) is 5. The standard InChI is InChI=1S/C12H15FN2O3S/c1-8(7-19(3,16)17)15(2)12-14-11-9(13)5-4-6-10(11)18-12/h4-6,8H,7H2,1-3H3. The van der Waals surface area contributed by atoms with Gasteiger partial charge in [0.2, 0.25) is 0 Å². The molecule has 0 N–H and O–H groups in total. The lowest BCUT2D eigenvalue weighted by atomic mass is 10.3. The Morgan fingerprint density at radius 3 is 2.74 bits per heavy atom. The van der Waals surface area contributed by atoms with E-state index < -0.39 is 15.7 Å². The van der Waals surface area contributed by atoms with Crippen LogP contribution < -0.4 is 4.90 Å². The van der Waals surface area contributed by atoms with Crippen LogP contribution >= 0.6 is 0 Å². The average Bonchev–Trinajstić information content (AvgIpc) is 2.71. The molecule has 19 heavy (non-hydrogen) atoms. The molecule has 0 spiro atoms. The van der Waals surface area contributed by atoms with Gasteiger partial charge in [0.1, 0.15) is 15.4 Å². The van der Waals surface area contributed by atoms with Gasteiger partial charge in [0.05, 0.1) is 5.75 Å². The summed E-state index contributed by atoms with van der Waals surface area (Å²) in [6.45, 7) is 1.74. The van der Waals surface area contributed by atoms with Gasteiger partial charge in [0.25, 0.3) is 6.01 Å². The highest BCUT2D eigenvalue weighted by atomic mass is 32.2. The largest absolute Gasteiger partial charge is 0.423 e. The molecule has 1 aromatic heterocycles. The number of anilines is 1. The van der Waals surface area contributed by atoms with Gasteiger partial charge in [0.15, 0.2) is 11.4 Å². The van der Waals surface area contributed by atoms with Gasteiger partial charge in [-0.05, 0) is 19.1 Å². The van der Waals surface area contributed by atoms with Crippen molar-refractivity contribution in [2.24, 2.45) is 0 Å². The Hall–Kier alpha value is -1.63. The number of oxazole rings is 1. The minimum Gasteiger partial charge on any atom is -0.423 e. The number of halogens is 1. The number of para-hydroxylation sites is 1. The lowest BCUT2D eigenvalue weighted by Gasteiger charge is -2.21. The van der Waals surface area contributed by atoms with Crippen LogP contribution in [0.3, 0.4) is 0 Å². The highest BCUT2D eigenvalue weighted by Gasteiger charge is 2.20. The molecule has 0 bridgehead atoms. The molecule has 2 rings (SSSR count). The highest BCUT2D eigenvalue weighted by molar-refractivity contribution is 7.90. The minimum atomic E-state index is -3.10. The number of benzene rings is 1. The summed E-state index contributed by atoms with van der Waals surface area (Å²) in [6.07, 6.45) is 1.17. The molecule has 104 valence electrons. The van der Waals surface area contributed by atoms with Crippen molar-refractivity contribution < 1.29 is 17.2 Å². The zero-order valence-corrected chi connectivity index (χ0v) is 11.7. The number of fused-ring (bicyclic) bond motifs is 1. The van der Waals surface area contributed by atoms with Crippen LogP contribution in [0.2, 0.25) is 0 Å². The van der Waals surface area contributed by atoms with E-state index in [0.717, 1.165) is 0 Å². The average molecular weight is 286 g/mol. The van der Waals surface area contributed by atoms with Crippen molar-refractivity contribution >= 4 is 27.0 Å². The van der Waals surface area contributed by atoms with E-state index in [-0.39, 0.29) is 23.3 Å². The van der Waals surface area contributed by atoms with Crippen molar-refractivity contribution in [3.8, 4) is 0 Å². The Kier molecular flexibility index (Phi) is 3.49. The van der Waals surface area contributed by atoms with Crippen molar-refractivity contribution in [2.45, 2.75) is 13.0 Å². The van der Waals surface area contributed by atoms with Gasteiger partial charge < -0.3 is 9.32 Å². The van der Waals surface area contributed by atoms with Crippen LogP contribution in [0.5, 0.6) is 0 Å². The van der Waals surface area contributed by atoms with Crippen LogP contribution in [0, 0.1) is 5.82 Å². The fourth-order valence-electron chi connectivity index (χ4n) is 1.79. The van der Waals surface area contributed by atoms with Crippen LogP contribution in [0.15, 0.2) is 22.6 Å². The Labute approximate surface area is 111 Å². The van der Waals surface area contributed by atoms with Crippen LogP contribution in [0.1, 0.15) is 6.92 Å². The second-order valence-electron chi connectivity index (χ2n) is 4.64. The van der Waals surface area contributed by atoms with Crippen molar-refractivity contribution in [3.63, 3.8) is 0 Å². The van der Waals surface area contributed by atoms with Gasteiger partial charge in [-0.3, -0.25) is 0 Å². The molecule has 2 aromatic rings. The number of rotatable bonds is 4. The lowest BCUT2D eigenvalue weighted by Crippen LogP contribution is -2.34. The van der Waals surface area contributed by atoms with Crippen LogP contribution in [0.25, 0.3) is 11.1 Å². The summed E-state index contributed by atoms with van der Waals surface area (Å²) in [7, 11) is -1.43. The van der Waals surface area contributed by atoms with Crippen LogP contribution in [-0.2, 0) is 9.84 Å². The number of aromatic nitrogens is 1. The van der Waals surface area contributed by atoms with Crippen molar-refractivity contribution in [1.82, 2.24) is 4.98 Å². The quantitative estimate of drug-likeness (QED) is 0.858. The smallest absolute Gasteiger partial charge is 0.298 e. The maximum atomic E-state index is 13.5. The SMILES string of the molecule is CC(CS(C)(=O)=O)N(C)c1nc2c(F)cccc2o1. The third-order valence-electron chi connectivity index (χ3n) is 2.87. The molecule has 0 aliphatic heterocycles. The molecule has 1 unspecified atom stereocenters. The zero-order chi connectivity index (χ0) is 14.2. The molecule has 0 saturated heterocycles. The van der Waals surface area contributed by atoms with Crippen LogP contribution in [0.4, 0.5) is 10.4 Å². The van der Waals surface area contributed by atoms with E-state index in [4.69, 9.17) is 4.42 Å². The predicted octanol–water partition coefficient (Wildman–Crippen LogP) is 1.84. The maximum absolute atomic E-state index is 13.5. The van der Waals surface area contributed by atoms with E-state index in [1.165, 1.54) is 18.4 Å². The first kappa shape index (κ1) is 13.8. The topological polar surface area (TPSA) is 63.4 Å². The molecule has 0 saturated carbocycles. The molecule has 0 fully saturated rings. The summed E-state index contributed by atoms with van der Waals surface area (Å²) in [5.74, 6) is -0.485. The molecule has 0 aliphatic rings. The fourth-order valence-corrected chi connectivity index (χ4v) is 2.89. The molecule has 5 nitrogen and oxygen atoms in total.